The number of imidazole rings is 1. The third kappa shape index (κ3) is 2.67. The Hall–Kier alpha value is -2.19. The summed E-state index contributed by atoms with van der Waals surface area (Å²) in [4.78, 5) is 12.4. The van der Waals surface area contributed by atoms with Gasteiger partial charge in [0.05, 0.1) is 19.5 Å². The zero-order chi connectivity index (χ0) is 14.8. The maximum atomic E-state index is 9.10. The first kappa shape index (κ1) is 13.8. The van der Waals surface area contributed by atoms with Gasteiger partial charge in [0.2, 0.25) is 11.8 Å². The van der Waals surface area contributed by atoms with Crippen LogP contribution in [0.25, 0.3) is 11.2 Å². The van der Waals surface area contributed by atoms with Crippen LogP contribution in [0.3, 0.4) is 0 Å². The third-order valence-corrected chi connectivity index (χ3v) is 3.44. The van der Waals surface area contributed by atoms with Crippen LogP contribution in [0.1, 0.15) is 6.42 Å². The van der Waals surface area contributed by atoms with Gasteiger partial charge in [-0.1, -0.05) is 12.2 Å². The molecule has 2 atom stereocenters. The van der Waals surface area contributed by atoms with Crippen LogP contribution in [0.5, 0.6) is 5.88 Å². The first-order chi connectivity index (χ1) is 10.2. The van der Waals surface area contributed by atoms with E-state index in [4.69, 9.17) is 20.3 Å². The minimum Gasteiger partial charge on any atom is -0.479 e. The maximum Gasteiger partial charge on any atom is 0.246 e. The second-order valence-electron chi connectivity index (χ2n) is 4.88. The van der Waals surface area contributed by atoms with Gasteiger partial charge in [0.25, 0.3) is 0 Å². The van der Waals surface area contributed by atoms with Crippen LogP contribution < -0.4 is 10.5 Å². The van der Waals surface area contributed by atoms with E-state index < -0.39 is 0 Å². The molecule has 0 aromatic carbocycles. The summed E-state index contributed by atoms with van der Waals surface area (Å²) in [5, 5.41) is 9.10. The van der Waals surface area contributed by atoms with Gasteiger partial charge in [0, 0.05) is 12.5 Å². The molecule has 3 rings (SSSR count). The average Bonchev–Trinajstić information content (AvgIpc) is 3.10. The van der Waals surface area contributed by atoms with Gasteiger partial charge in [-0.25, -0.2) is 4.98 Å². The first-order valence-corrected chi connectivity index (χ1v) is 6.64. The smallest absolute Gasteiger partial charge is 0.246 e. The van der Waals surface area contributed by atoms with E-state index in [-0.39, 0.29) is 24.6 Å². The summed E-state index contributed by atoms with van der Waals surface area (Å²) >= 11 is 0. The second kappa shape index (κ2) is 5.66. The SMILES string of the molecule is COc1nc(N)nc2c1ncn2CO[C@H]1C=C[C@H](CO)C1. The van der Waals surface area contributed by atoms with E-state index in [9.17, 15) is 0 Å². The van der Waals surface area contributed by atoms with Crippen LogP contribution in [0.2, 0.25) is 0 Å². The second-order valence-corrected chi connectivity index (χ2v) is 4.88. The van der Waals surface area contributed by atoms with E-state index >= 15 is 0 Å². The standard InChI is InChI=1S/C13H17N5O3/c1-20-12-10-11(16-13(14)17-12)18(6-15-10)7-21-9-3-2-8(4-9)5-19/h2-3,6,8-9,19H,4-5,7H2,1H3,(H2,14,16,17)/t8-,9-/m0/s1. The van der Waals surface area contributed by atoms with Gasteiger partial charge in [-0.2, -0.15) is 9.97 Å². The van der Waals surface area contributed by atoms with Crippen molar-refractivity contribution in [2.75, 3.05) is 19.5 Å². The number of nitrogen functional groups attached to an aromatic ring is 1. The summed E-state index contributed by atoms with van der Waals surface area (Å²) in [6.07, 6.45) is 6.32. The molecule has 8 heteroatoms. The Kier molecular flexibility index (Phi) is 3.72. The van der Waals surface area contributed by atoms with E-state index in [1.165, 1.54) is 7.11 Å². The summed E-state index contributed by atoms with van der Waals surface area (Å²) in [5.41, 5.74) is 6.78. The fourth-order valence-corrected chi connectivity index (χ4v) is 2.34. The molecule has 21 heavy (non-hydrogen) atoms. The molecule has 0 amide bonds. The number of aliphatic hydroxyl groups excluding tert-OH is 1. The lowest BCUT2D eigenvalue weighted by atomic mass is 10.1. The lowest BCUT2D eigenvalue weighted by molar-refractivity contribution is 0.0287. The minimum atomic E-state index is -0.0133. The van der Waals surface area contributed by atoms with Crippen molar-refractivity contribution in [2.24, 2.45) is 5.92 Å². The van der Waals surface area contributed by atoms with Crippen molar-refractivity contribution in [1.82, 2.24) is 19.5 Å². The third-order valence-electron chi connectivity index (χ3n) is 3.44. The molecule has 2 heterocycles. The summed E-state index contributed by atoms with van der Waals surface area (Å²) < 4.78 is 12.7. The fraction of sp³-hybridized carbons (Fsp3) is 0.462. The molecule has 3 N–H and O–H groups in total. The monoisotopic (exact) mass is 291 g/mol. The molecule has 2 aromatic heterocycles. The predicted octanol–water partition coefficient (Wildman–Crippen LogP) is 0.328. The van der Waals surface area contributed by atoms with Crippen molar-refractivity contribution in [2.45, 2.75) is 19.3 Å². The van der Waals surface area contributed by atoms with Crippen LogP contribution in [0.15, 0.2) is 18.5 Å². The van der Waals surface area contributed by atoms with Crippen molar-refractivity contribution in [3.8, 4) is 5.88 Å². The molecule has 1 aliphatic carbocycles. The minimum absolute atomic E-state index is 0.0133. The molecular weight excluding hydrogens is 274 g/mol. The van der Waals surface area contributed by atoms with E-state index in [2.05, 4.69) is 15.0 Å². The molecule has 0 fully saturated rings. The molecule has 0 bridgehead atoms. The van der Waals surface area contributed by atoms with Crippen molar-refractivity contribution < 1.29 is 14.6 Å². The summed E-state index contributed by atoms with van der Waals surface area (Å²) in [7, 11) is 1.51. The highest BCUT2D eigenvalue weighted by molar-refractivity contribution is 5.77. The Bertz CT molecular complexity index is 669. The molecule has 0 saturated carbocycles. The summed E-state index contributed by atoms with van der Waals surface area (Å²) in [6.45, 7) is 0.439. The fourth-order valence-electron chi connectivity index (χ4n) is 2.34. The lowest BCUT2D eigenvalue weighted by Gasteiger charge is -2.12. The first-order valence-electron chi connectivity index (χ1n) is 6.64. The number of rotatable bonds is 5. The van der Waals surface area contributed by atoms with Gasteiger partial charge in [0.15, 0.2) is 11.2 Å². The number of hydrogen-bond acceptors (Lipinski definition) is 7. The van der Waals surface area contributed by atoms with Crippen molar-refractivity contribution in [3.05, 3.63) is 18.5 Å². The van der Waals surface area contributed by atoms with Gasteiger partial charge in [0.1, 0.15) is 6.73 Å². The topological polar surface area (TPSA) is 108 Å². The molecule has 2 aromatic rings. The number of aromatic nitrogens is 4. The predicted molar refractivity (Wildman–Crippen MR) is 75.5 cm³/mol. The van der Waals surface area contributed by atoms with E-state index in [1.807, 2.05) is 12.2 Å². The largest absolute Gasteiger partial charge is 0.479 e. The number of nitrogens with two attached hydrogens (primary N) is 1. The number of aliphatic hydroxyl groups is 1. The van der Waals surface area contributed by atoms with Crippen molar-refractivity contribution in [3.63, 3.8) is 0 Å². The Morgan fingerprint density at radius 2 is 2.29 bits per heavy atom. The molecule has 0 aliphatic heterocycles. The number of hydrogen-bond donors (Lipinski definition) is 2. The van der Waals surface area contributed by atoms with Gasteiger partial charge in [-0.15, -0.1) is 0 Å². The summed E-state index contributed by atoms with van der Waals surface area (Å²) in [6, 6.07) is 0. The number of nitrogens with zero attached hydrogens (tertiary/aromatic N) is 4. The number of fused-ring (bicyclic) bond motifs is 1. The molecule has 0 saturated heterocycles. The highest BCUT2D eigenvalue weighted by Crippen LogP contribution is 2.23. The highest BCUT2D eigenvalue weighted by Gasteiger charge is 2.19. The normalized spacial score (nSPS) is 21.2. The highest BCUT2D eigenvalue weighted by atomic mass is 16.5. The average molecular weight is 291 g/mol. The van der Waals surface area contributed by atoms with E-state index in [0.717, 1.165) is 6.42 Å². The molecule has 0 unspecified atom stereocenters. The molecule has 8 nitrogen and oxygen atoms in total. The quantitative estimate of drug-likeness (QED) is 0.764. The van der Waals surface area contributed by atoms with Crippen molar-refractivity contribution >= 4 is 17.1 Å². The lowest BCUT2D eigenvalue weighted by Crippen LogP contribution is -2.13. The number of methoxy groups -OCH3 is 1. The van der Waals surface area contributed by atoms with Gasteiger partial charge in [-0.05, 0) is 6.42 Å². The number of ether oxygens (including phenoxy) is 2. The molecule has 112 valence electrons. The van der Waals surface area contributed by atoms with Crippen LogP contribution in [0, 0.1) is 5.92 Å². The summed E-state index contributed by atoms with van der Waals surface area (Å²) in [5.74, 6) is 0.646. The van der Waals surface area contributed by atoms with Gasteiger partial charge < -0.3 is 20.3 Å². The Morgan fingerprint density at radius 1 is 1.43 bits per heavy atom. The Balaban J connectivity index is 1.76. The molecular formula is C13H17N5O3. The Morgan fingerprint density at radius 3 is 3.00 bits per heavy atom. The van der Waals surface area contributed by atoms with Crippen molar-refractivity contribution in [1.29, 1.82) is 0 Å². The maximum absolute atomic E-state index is 9.10. The van der Waals surface area contributed by atoms with Gasteiger partial charge in [-0.3, -0.25) is 4.57 Å². The van der Waals surface area contributed by atoms with Crippen LogP contribution >= 0.6 is 0 Å². The van der Waals surface area contributed by atoms with E-state index in [1.54, 1.807) is 10.9 Å². The van der Waals surface area contributed by atoms with Crippen LogP contribution in [-0.2, 0) is 11.5 Å². The van der Waals surface area contributed by atoms with Gasteiger partial charge >= 0.3 is 0 Å². The molecule has 0 spiro atoms. The molecule has 0 radical (unpaired) electrons. The number of anilines is 1. The zero-order valence-electron chi connectivity index (χ0n) is 11.6. The zero-order valence-corrected chi connectivity index (χ0v) is 11.6. The van der Waals surface area contributed by atoms with Crippen LogP contribution in [-0.4, -0.2) is 44.4 Å². The molecule has 1 aliphatic rings. The van der Waals surface area contributed by atoms with Crippen LogP contribution in [0.4, 0.5) is 5.95 Å². The Labute approximate surface area is 121 Å². The van der Waals surface area contributed by atoms with E-state index in [0.29, 0.717) is 23.8 Å².